The van der Waals surface area contributed by atoms with Gasteiger partial charge in [-0.05, 0) is 43.2 Å². The molecule has 5 rings (SSSR count). The summed E-state index contributed by atoms with van der Waals surface area (Å²) in [5.41, 5.74) is 5.10. The summed E-state index contributed by atoms with van der Waals surface area (Å²) in [6, 6.07) is 26.7. The number of nitrogens with zero attached hydrogens (tertiary/aromatic N) is 3. The quantitative estimate of drug-likeness (QED) is 0.114. The highest BCUT2D eigenvalue weighted by atomic mass is 32.2. The Morgan fingerprint density at radius 1 is 1.02 bits per heavy atom. The van der Waals surface area contributed by atoms with Gasteiger partial charge in [-0.1, -0.05) is 115 Å². The smallest absolute Gasteiger partial charge is 0.269 e. The Labute approximate surface area is 260 Å². The maximum atomic E-state index is 14.0. The van der Waals surface area contributed by atoms with Crippen molar-refractivity contribution in [3.05, 3.63) is 148 Å². The van der Waals surface area contributed by atoms with Gasteiger partial charge in [-0.2, -0.15) is 4.98 Å². The van der Waals surface area contributed by atoms with Crippen LogP contribution in [0.5, 0.6) is 5.88 Å². The molecule has 2 heterocycles. The van der Waals surface area contributed by atoms with E-state index in [4.69, 9.17) is 0 Å². The Kier molecular flexibility index (Phi) is 9.52. The van der Waals surface area contributed by atoms with Gasteiger partial charge < -0.3 is 10.4 Å². The molecule has 0 aliphatic carbocycles. The number of hydrogen-bond donors (Lipinski definition) is 2. The van der Waals surface area contributed by atoms with Crippen LogP contribution in [-0.2, 0) is 4.79 Å². The molecule has 0 bridgehead atoms. The molecule has 7 nitrogen and oxygen atoms in total. The molecule has 0 fully saturated rings. The van der Waals surface area contributed by atoms with Gasteiger partial charge in [0, 0.05) is 22.5 Å². The Hall–Kier alpha value is -5.21. The van der Waals surface area contributed by atoms with Crippen LogP contribution in [0.25, 0.3) is 17.3 Å². The van der Waals surface area contributed by atoms with E-state index in [1.165, 1.54) is 4.57 Å². The molecule has 0 atom stereocenters. The van der Waals surface area contributed by atoms with Gasteiger partial charge in [0.15, 0.2) is 5.16 Å². The van der Waals surface area contributed by atoms with Crippen LogP contribution in [0.15, 0.2) is 131 Å². The third-order valence-electron chi connectivity index (χ3n) is 7.09. The number of fused-ring (bicyclic) bond motifs is 1. The van der Waals surface area contributed by atoms with Crippen LogP contribution in [0.4, 0.5) is 5.69 Å². The van der Waals surface area contributed by atoms with E-state index < -0.39 is 11.4 Å². The molecule has 220 valence electrons. The predicted molar refractivity (Wildman–Crippen MR) is 180 cm³/mol. The van der Waals surface area contributed by atoms with Crippen molar-refractivity contribution in [1.29, 1.82) is 0 Å². The van der Waals surface area contributed by atoms with E-state index >= 15 is 0 Å². The number of aromatic nitrogens is 2. The number of para-hydroxylation sites is 1. The lowest BCUT2D eigenvalue weighted by atomic mass is 9.99. The summed E-state index contributed by atoms with van der Waals surface area (Å²) in [5.74, 6) is -0.713. The largest absolute Gasteiger partial charge is 0.493 e. The number of aromatic hydroxyl groups is 1. The number of benzene rings is 3. The van der Waals surface area contributed by atoms with Crippen molar-refractivity contribution in [2.45, 2.75) is 25.0 Å². The van der Waals surface area contributed by atoms with Gasteiger partial charge >= 0.3 is 0 Å². The van der Waals surface area contributed by atoms with E-state index in [0.717, 1.165) is 45.4 Å². The number of thioether (sulfide) groups is 1. The third kappa shape index (κ3) is 6.55. The number of aliphatic imine (C=N–C) groups is 1. The van der Waals surface area contributed by atoms with Crippen molar-refractivity contribution in [2.75, 3.05) is 5.75 Å². The van der Waals surface area contributed by atoms with E-state index in [9.17, 15) is 14.7 Å². The summed E-state index contributed by atoms with van der Waals surface area (Å²) in [5, 5.41) is 14.4. The van der Waals surface area contributed by atoms with Crippen molar-refractivity contribution in [2.24, 2.45) is 4.99 Å². The first-order chi connectivity index (χ1) is 21.4. The van der Waals surface area contributed by atoms with Crippen molar-refractivity contribution >= 4 is 46.4 Å². The first kappa shape index (κ1) is 30.3. The van der Waals surface area contributed by atoms with Crippen LogP contribution >= 0.6 is 11.8 Å². The second-order valence-electron chi connectivity index (χ2n) is 9.96. The van der Waals surface area contributed by atoms with E-state index in [2.05, 4.69) is 21.9 Å². The first-order valence-electron chi connectivity index (χ1n) is 14.1. The molecule has 1 aliphatic heterocycles. The molecular weight excluding hydrogens is 568 g/mol. The van der Waals surface area contributed by atoms with E-state index in [0.29, 0.717) is 5.70 Å². The Morgan fingerprint density at radius 3 is 2.30 bits per heavy atom. The molecule has 1 aliphatic rings. The molecule has 2 N–H and O–H groups in total. The number of rotatable bonds is 10. The number of allylic oxidation sites excluding steroid dienone is 6. The van der Waals surface area contributed by atoms with Gasteiger partial charge in [-0.15, -0.1) is 0 Å². The van der Waals surface area contributed by atoms with Gasteiger partial charge in [-0.3, -0.25) is 19.1 Å². The summed E-state index contributed by atoms with van der Waals surface area (Å²) in [4.78, 5) is 36.4. The Balaban J connectivity index is 1.49. The minimum Gasteiger partial charge on any atom is -0.493 e. The lowest BCUT2D eigenvalue weighted by Crippen LogP contribution is -2.31. The molecule has 8 heteroatoms. The van der Waals surface area contributed by atoms with Crippen LogP contribution in [0.2, 0.25) is 0 Å². The second kappa shape index (κ2) is 13.8. The second-order valence-corrected chi connectivity index (χ2v) is 10.9. The number of carbonyl (C=O) groups excluding carboxylic acids is 1. The minimum atomic E-state index is -0.474. The standard InChI is InChI=1S/C36H32N4O3S/c1-4-6-19-27(5-2)40-35(43)30(22-29-24(3)37-31-21-14-13-20-28(29)31)34(42)39-36(40)44-23-32(41)38-33(25-15-9-7-10-16-25)26-17-11-8-12-18-26/h4-22,33,42H,1,23H2,2-3H3,(H,38,41)/b19-6-,27-5+,29-22?. The van der Waals surface area contributed by atoms with Crippen molar-refractivity contribution in [3.63, 3.8) is 0 Å². The van der Waals surface area contributed by atoms with Crippen molar-refractivity contribution < 1.29 is 9.90 Å². The zero-order valence-corrected chi connectivity index (χ0v) is 25.3. The van der Waals surface area contributed by atoms with E-state index in [-0.39, 0.29) is 28.4 Å². The first-order valence-corrected chi connectivity index (χ1v) is 15.1. The lowest BCUT2D eigenvalue weighted by molar-refractivity contribution is -0.119. The number of hydrogen-bond acceptors (Lipinski definition) is 6. The monoisotopic (exact) mass is 600 g/mol. The number of nitrogens with one attached hydrogen (secondary N) is 1. The summed E-state index contributed by atoms with van der Waals surface area (Å²) in [7, 11) is 0. The van der Waals surface area contributed by atoms with Gasteiger partial charge in [0.1, 0.15) is 5.56 Å². The zero-order valence-electron chi connectivity index (χ0n) is 24.5. The lowest BCUT2D eigenvalue weighted by Gasteiger charge is -2.20. The minimum absolute atomic E-state index is 0.0274. The molecule has 0 spiro atoms. The fourth-order valence-electron chi connectivity index (χ4n) is 4.97. The molecule has 0 saturated heterocycles. The normalized spacial score (nSPS) is 13.8. The summed E-state index contributed by atoms with van der Waals surface area (Å²) < 4.78 is 1.41. The van der Waals surface area contributed by atoms with Crippen LogP contribution in [-0.4, -0.2) is 32.0 Å². The molecule has 3 aromatic carbocycles. The van der Waals surface area contributed by atoms with Crippen molar-refractivity contribution in [3.8, 4) is 5.88 Å². The van der Waals surface area contributed by atoms with Crippen LogP contribution in [0.1, 0.15) is 42.1 Å². The highest BCUT2D eigenvalue weighted by Gasteiger charge is 2.23. The predicted octanol–water partition coefficient (Wildman–Crippen LogP) is 7.20. The average Bonchev–Trinajstić information content (AvgIpc) is 3.37. The highest BCUT2D eigenvalue weighted by Crippen LogP contribution is 2.36. The topological polar surface area (TPSA) is 96.6 Å². The van der Waals surface area contributed by atoms with Gasteiger partial charge in [0.25, 0.3) is 5.56 Å². The third-order valence-corrected chi connectivity index (χ3v) is 8.03. The highest BCUT2D eigenvalue weighted by molar-refractivity contribution is 7.99. The number of carbonyl (C=O) groups is 1. The maximum Gasteiger partial charge on any atom is 0.269 e. The van der Waals surface area contributed by atoms with E-state index in [1.807, 2.05) is 91.9 Å². The van der Waals surface area contributed by atoms with Crippen molar-refractivity contribution in [1.82, 2.24) is 14.9 Å². The van der Waals surface area contributed by atoms with Crippen LogP contribution in [0.3, 0.4) is 0 Å². The molecule has 0 radical (unpaired) electrons. The maximum absolute atomic E-state index is 14.0. The molecule has 1 amide bonds. The van der Waals surface area contributed by atoms with Gasteiger partial charge in [-0.25, -0.2) is 0 Å². The molecule has 44 heavy (non-hydrogen) atoms. The van der Waals surface area contributed by atoms with Crippen LogP contribution < -0.4 is 10.9 Å². The fourth-order valence-corrected chi connectivity index (χ4v) is 5.78. The summed E-state index contributed by atoms with van der Waals surface area (Å²) >= 11 is 1.07. The summed E-state index contributed by atoms with van der Waals surface area (Å²) in [6.07, 6.45) is 8.43. The zero-order chi connectivity index (χ0) is 31.1. The Morgan fingerprint density at radius 2 is 1.66 bits per heavy atom. The Bertz CT molecular complexity index is 1830. The molecular formula is C36H32N4O3S. The molecule has 1 aromatic heterocycles. The fraction of sp³-hybridized carbons (Fsp3) is 0.111. The SMILES string of the molecule is C=C/C=C\C(=C/C)n1c(SCC(=O)NC(c2ccccc2)c2ccccc2)nc(O)c(C=C2C(C)=Nc3ccccc32)c1=O. The molecule has 4 aromatic rings. The number of amides is 1. The van der Waals surface area contributed by atoms with E-state index in [1.54, 1.807) is 37.3 Å². The van der Waals surface area contributed by atoms with Gasteiger partial charge in [0.2, 0.25) is 11.8 Å². The summed E-state index contributed by atoms with van der Waals surface area (Å²) in [6.45, 7) is 7.40. The van der Waals surface area contributed by atoms with Gasteiger partial charge in [0.05, 0.1) is 17.5 Å². The molecule has 0 saturated carbocycles. The van der Waals surface area contributed by atoms with Crippen LogP contribution in [0, 0.1) is 0 Å². The molecule has 0 unspecified atom stereocenters. The average molecular weight is 601 g/mol.